The fourth-order valence-corrected chi connectivity index (χ4v) is 4.97. The van der Waals surface area contributed by atoms with Gasteiger partial charge in [0.05, 0.1) is 22.0 Å². The van der Waals surface area contributed by atoms with Crippen molar-refractivity contribution in [3.8, 4) is 0 Å². The fourth-order valence-electron chi connectivity index (χ4n) is 3.61. The number of oxime groups is 1. The Balaban J connectivity index is 1.64. The first-order chi connectivity index (χ1) is 9.74. The minimum atomic E-state index is 0.292. The number of fused-ring (bicyclic) bond motifs is 3. The molecule has 1 aromatic heterocycles. The number of benzene rings is 1. The molecule has 1 heterocycles. The lowest BCUT2D eigenvalue weighted by Crippen LogP contribution is -2.25. The summed E-state index contributed by atoms with van der Waals surface area (Å²) in [5, 5.41) is 14.1. The van der Waals surface area contributed by atoms with Gasteiger partial charge in [-0.05, 0) is 49.8 Å². The molecule has 0 unspecified atom stereocenters. The Morgan fingerprint density at radius 1 is 1.40 bits per heavy atom. The van der Waals surface area contributed by atoms with E-state index in [0.29, 0.717) is 17.1 Å². The van der Waals surface area contributed by atoms with Crippen molar-refractivity contribution in [1.29, 1.82) is 0 Å². The van der Waals surface area contributed by atoms with E-state index < -0.39 is 0 Å². The third-order valence-electron chi connectivity index (χ3n) is 4.58. The molecule has 2 saturated carbocycles. The van der Waals surface area contributed by atoms with Gasteiger partial charge in [0, 0.05) is 5.92 Å². The monoisotopic (exact) mass is 287 g/mol. The molecule has 2 N–H and O–H groups in total. The molecular formula is C15H17N3OS. The zero-order valence-electron chi connectivity index (χ0n) is 11.3. The van der Waals surface area contributed by atoms with Crippen LogP contribution in [0.2, 0.25) is 0 Å². The zero-order valence-corrected chi connectivity index (χ0v) is 12.2. The second-order valence-corrected chi connectivity index (χ2v) is 7.03. The van der Waals surface area contributed by atoms with Crippen molar-refractivity contribution in [2.24, 2.45) is 17.0 Å². The van der Waals surface area contributed by atoms with Gasteiger partial charge in [0.15, 0.2) is 5.16 Å². The number of aromatic nitrogens is 2. The number of H-pyrrole nitrogens is 1. The Hall–Kier alpha value is -1.49. The number of nitrogens with zero attached hydrogens (tertiary/aromatic N) is 2. The lowest BCUT2D eigenvalue weighted by molar-refractivity contribution is 0.314. The van der Waals surface area contributed by atoms with Crippen molar-refractivity contribution in [2.75, 3.05) is 0 Å². The second kappa shape index (κ2) is 4.52. The van der Waals surface area contributed by atoms with Crippen LogP contribution in [0.3, 0.4) is 0 Å². The van der Waals surface area contributed by atoms with Crippen molar-refractivity contribution >= 4 is 28.5 Å². The van der Waals surface area contributed by atoms with Gasteiger partial charge < -0.3 is 10.2 Å². The van der Waals surface area contributed by atoms with E-state index >= 15 is 0 Å². The van der Waals surface area contributed by atoms with Gasteiger partial charge in [0.25, 0.3) is 0 Å². The van der Waals surface area contributed by atoms with Crippen molar-refractivity contribution in [1.82, 2.24) is 9.97 Å². The van der Waals surface area contributed by atoms with Crippen LogP contribution in [0.25, 0.3) is 11.0 Å². The summed E-state index contributed by atoms with van der Waals surface area (Å²) < 4.78 is 0. The van der Waals surface area contributed by atoms with Gasteiger partial charge in [-0.2, -0.15) is 0 Å². The van der Waals surface area contributed by atoms with Crippen LogP contribution in [-0.4, -0.2) is 26.1 Å². The van der Waals surface area contributed by atoms with Crippen LogP contribution in [-0.2, 0) is 0 Å². The fraction of sp³-hybridized carbons (Fsp3) is 0.467. The van der Waals surface area contributed by atoms with Crippen LogP contribution in [0.1, 0.15) is 24.8 Å². The second-order valence-electron chi connectivity index (χ2n) is 5.90. The highest BCUT2D eigenvalue weighted by Crippen LogP contribution is 2.49. The number of nitrogens with one attached hydrogen (secondary N) is 1. The average Bonchev–Trinajstić information content (AvgIpc) is 3.11. The summed E-state index contributed by atoms with van der Waals surface area (Å²) in [4.78, 5) is 8.02. The number of aryl methyl sites for hydroxylation is 1. The van der Waals surface area contributed by atoms with E-state index in [1.807, 2.05) is 6.07 Å². The lowest BCUT2D eigenvalue weighted by Gasteiger charge is -2.20. The Bertz CT molecular complexity index is 693. The molecule has 0 amide bonds. The predicted octanol–water partition coefficient (Wildman–Crippen LogP) is 3.59. The number of aromatic amines is 1. The van der Waals surface area contributed by atoms with Gasteiger partial charge >= 0.3 is 0 Å². The highest BCUT2D eigenvalue weighted by Gasteiger charge is 2.46. The van der Waals surface area contributed by atoms with Crippen LogP contribution in [0.4, 0.5) is 0 Å². The maximum Gasteiger partial charge on any atom is 0.167 e. The highest BCUT2D eigenvalue weighted by atomic mass is 32.2. The summed E-state index contributed by atoms with van der Waals surface area (Å²) in [6.07, 6.45) is 3.61. The summed E-state index contributed by atoms with van der Waals surface area (Å²) in [7, 11) is 0. The van der Waals surface area contributed by atoms with Crippen molar-refractivity contribution in [3.63, 3.8) is 0 Å². The topological polar surface area (TPSA) is 61.3 Å². The number of rotatable bonds is 2. The van der Waals surface area contributed by atoms with Crippen LogP contribution >= 0.6 is 11.8 Å². The molecule has 2 fully saturated rings. The normalized spacial score (nSPS) is 30.6. The molecule has 20 heavy (non-hydrogen) atoms. The Labute approximate surface area is 121 Å². The van der Waals surface area contributed by atoms with Gasteiger partial charge in [-0.1, -0.05) is 23.0 Å². The van der Waals surface area contributed by atoms with Crippen LogP contribution < -0.4 is 0 Å². The zero-order chi connectivity index (χ0) is 13.7. The molecule has 5 heteroatoms. The summed E-state index contributed by atoms with van der Waals surface area (Å²) >= 11 is 1.72. The minimum Gasteiger partial charge on any atom is -0.411 e. The Morgan fingerprint density at radius 2 is 2.30 bits per heavy atom. The predicted molar refractivity (Wildman–Crippen MR) is 80.5 cm³/mol. The molecule has 2 aromatic rings. The van der Waals surface area contributed by atoms with E-state index in [-0.39, 0.29) is 0 Å². The molecule has 2 aliphatic carbocycles. The number of thioether (sulfide) groups is 1. The van der Waals surface area contributed by atoms with E-state index in [0.717, 1.165) is 21.9 Å². The Morgan fingerprint density at radius 3 is 3.15 bits per heavy atom. The first-order valence-electron chi connectivity index (χ1n) is 7.09. The Kier molecular flexibility index (Phi) is 2.77. The molecule has 3 atom stereocenters. The molecule has 2 aliphatic rings. The molecule has 4 nitrogen and oxygen atoms in total. The molecule has 4 rings (SSSR count). The first kappa shape index (κ1) is 12.3. The smallest absolute Gasteiger partial charge is 0.167 e. The van der Waals surface area contributed by atoms with Crippen LogP contribution in [0.5, 0.6) is 0 Å². The van der Waals surface area contributed by atoms with Gasteiger partial charge in [0.1, 0.15) is 0 Å². The maximum absolute atomic E-state index is 9.26. The molecule has 2 bridgehead atoms. The van der Waals surface area contributed by atoms with Crippen molar-refractivity contribution in [3.05, 3.63) is 23.8 Å². The standard InChI is InChI=1S/C15H17N3OS/c1-8-2-5-11-12(6-8)17-15(16-11)20-14-10-4-3-9(7-10)13(14)18-19/h2,5-6,9-10,14,19H,3-4,7H2,1H3,(H,16,17)/b18-13+/t9-,10-,14-/m0/s1. The quantitative estimate of drug-likeness (QED) is 0.655. The first-order valence-corrected chi connectivity index (χ1v) is 7.97. The van der Waals surface area contributed by atoms with Gasteiger partial charge in [-0.3, -0.25) is 0 Å². The van der Waals surface area contributed by atoms with Gasteiger partial charge in [0.2, 0.25) is 0 Å². The maximum atomic E-state index is 9.26. The number of hydrogen-bond acceptors (Lipinski definition) is 4. The number of imidazole rings is 1. The van der Waals surface area contributed by atoms with Crippen molar-refractivity contribution < 1.29 is 5.21 Å². The molecule has 1 aromatic carbocycles. The minimum absolute atomic E-state index is 0.292. The van der Waals surface area contributed by atoms with E-state index in [4.69, 9.17) is 0 Å². The lowest BCUT2D eigenvalue weighted by atomic mass is 9.98. The van der Waals surface area contributed by atoms with Crippen LogP contribution in [0.15, 0.2) is 28.5 Å². The molecule has 0 saturated heterocycles. The third kappa shape index (κ3) is 1.84. The molecule has 0 radical (unpaired) electrons. The van der Waals surface area contributed by atoms with E-state index in [1.165, 1.54) is 24.8 Å². The van der Waals surface area contributed by atoms with Crippen molar-refractivity contribution in [2.45, 2.75) is 36.6 Å². The van der Waals surface area contributed by atoms with Gasteiger partial charge in [-0.25, -0.2) is 4.98 Å². The molecular weight excluding hydrogens is 270 g/mol. The SMILES string of the molecule is Cc1ccc2nc(S[C@@H]3/C(=N/O)[C@H]4CC[C@H]3C4)[nH]c2c1. The molecule has 0 aliphatic heterocycles. The summed E-state index contributed by atoms with van der Waals surface area (Å²) in [6.45, 7) is 2.08. The highest BCUT2D eigenvalue weighted by molar-refractivity contribution is 8.00. The summed E-state index contributed by atoms with van der Waals surface area (Å²) in [5.74, 6) is 1.14. The third-order valence-corrected chi connectivity index (χ3v) is 5.88. The number of hydrogen-bond donors (Lipinski definition) is 2. The van der Waals surface area contributed by atoms with E-state index in [9.17, 15) is 5.21 Å². The summed E-state index contributed by atoms with van der Waals surface area (Å²) in [6, 6.07) is 6.25. The van der Waals surface area contributed by atoms with E-state index in [1.54, 1.807) is 11.8 Å². The molecule has 0 spiro atoms. The molecule has 104 valence electrons. The largest absolute Gasteiger partial charge is 0.411 e. The summed E-state index contributed by atoms with van der Waals surface area (Å²) in [5.41, 5.74) is 4.29. The van der Waals surface area contributed by atoms with Gasteiger partial charge in [-0.15, -0.1) is 0 Å². The van der Waals surface area contributed by atoms with Crippen LogP contribution in [0, 0.1) is 18.8 Å². The van der Waals surface area contributed by atoms with E-state index in [2.05, 4.69) is 34.2 Å². The average molecular weight is 287 g/mol.